The Morgan fingerprint density at radius 2 is 2.04 bits per heavy atom. The first-order valence-electron chi connectivity index (χ1n) is 6.45. The van der Waals surface area contributed by atoms with E-state index < -0.39 is 39.3 Å². The van der Waals surface area contributed by atoms with Gasteiger partial charge in [0.2, 0.25) is 17.2 Å². The fraction of sp³-hybridized carbons (Fsp3) is 0.385. The molecule has 0 aliphatic carbocycles. The monoisotopic (exact) mass is 380 g/mol. The summed E-state index contributed by atoms with van der Waals surface area (Å²) in [5.41, 5.74) is -2.25. The summed E-state index contributed by atoms with van der Waals surface area (Å²) in [6.45, 7) is 1.53. The van der Waals surface area contributed by atoms with E-state index in [1.54, 1.807) is 6.92 Å². The summed E-state index contributed by atoms with van der Waals surface area (Å²) in [5.74, 6) is -3.50. The SMILES string of the molecule is CCOC(=O)[C@@]1(n2cccc2C(=O)C(Cl)(Cl)Cl)CC(=O)NC1=O. The van der Waals surface area contributed by atoms with Crippen LogP contribution in [-0.2, 0) is 24.7 Å². The van der Waals surface area contributed by atoms with Crippen LogP contribution in [0, 0.1) is 0 Å². The van der Waals surface area contributed by atoms with Gasteiger partial charge in [-0.25, -0.2) is 4.79 Å². The van der Waals surface area contributed by atoms with Crippen molar-refractivity contribution in [2.45, 2.75) is 22.7 Å². The molecule has 0 saturated carbocycles. The normalized spacial score (nSPS) is 21.2. The van der Waals surface area contributed by atoms with Gasteiger partial charge in [-0.2, -0.15) is 0 Å². The van der Waals surface area contributed by atoms with Gasteiger partial charge in [-0.05, 0) is 19.1 Å². The third-order valence-electron chi connectivity index (χ3n) is 3.31. The van der Waals surface area contributed by atoms with Crippen LogP contribution in [0.25, 0.3) is 0 Å². The van der Waals surface area contributed by atoms with E-state index in [0.717, 1.165) is 4.57 Å². The molecule has 2 amide bonds. The van der Waals surface area contributed by atoms with E-state index in [9.17, 15) is 19.2 Å². The lowest BCUT2D eigenvalue weighted by Crippen LogP contribution is -2.50. The highest BCUT2D eigenvalue weighted by molar-refractivity contribution is 6.77. The van der Waals surface area contributed by atoms with Crippen molar-refractivity contribution in [2.75, 3.05) is 6.61 Å². The zero-order chi connectivity index (χ0) is 17.4. The van der Waals surface area contributed by atoms with Crippen LogP contribution in [0.15, 0.2) is 18.3 Å². The van der Waals surface area contributed by atoms with E-state index in [-0.39, 0.29) is 12.3 Å². The van der Waals surface area contributed by atoms with Crippen molar-refractivity contribution in [2.24, 2.45) is 0 Å². The van der Waals surface area contributed by atoms with Crippen molar-refractivity contribution in [1.29, 1.82) is 0 Å². The minimum absolute atomic E-state index is 0.0168. The van der Waals surface area contributed by atoms with Crippen LogP contribution in [0.3, 0.4) is 0 Å². The minimum atomic E-state index is -2.29. The van der Waals surface area contributed by atoms with Crippen molar-refractivity contribution >= 4 is 58.4 Å². The lowest BCUT2D eigenvalue weighted by Gasteiger charge is -2.27. The number of ketones is 1. The maximum Gasteiger partial charge on any atom is 0.342 e. The first kappa shape index (κ1) is 17.8. The van der Waals surface area contributed by atoms with E-state index in [1.165, 1.54) is 18.3 Å². The number of nitrogens with zero attached hydrogens (tertiary/aromatic N) is 1. The number of imide groups is 1. The fourth-order valence-electron chi connectivity index (χ4n) is 2.34. The number of amides is 2. The van der Waals surface area contributed by atoms with Gasteiger partial charge >= 0.3 is 5.97 Å². The van der Waals surface area contributed by atoms with E-state index in [0.29, 0.717) is 0 Å². The Labute approximate surface area is 145 Å². The van der Waals surface area contributed by atoms with Gasteiger partial charge < -0.3 is 9.30 Å². The second-order valence-electron chi connectivity index (χ2n) is 4.73. The molecule has 1 N–H and O–H groups in total. The van der Waals surface area contributed by atoms with Gasteiger partial charge in [0.05, 0.1) is 18.7 Å². The molecular formula is C13H11Cl3N2O5. The molecule has 1 aliphatic heterocycles. The molecule has 1 aromatic heterocycles. The molecule has 1 atom stereocenters. The molecule has 0 bridgehead atoms. The Morgan fingerprint density at radius 3 is 2.52 bits per heavy atom. The van der Waals surface area contributed by atoms with Gasteiger partial charge in [-0.15, -0.1) is 0 Å². The number of halogens is 3. The first-order chi connectivity index (χ1) is 10.6. The minimum Gasteiger partial charge on any atom is -0.464 e. The number of nitrogens with one attached hydrogen (secondary N) is 1. The zero-order valence-corrected chi connectivity index (χ0v) is 14.0. The van der Waals surface area contributed by atoms with Gasteiger partial charge in [0.1, 0.15) is 0 Å². The lowest BCUT2D eigenvalue weighted by molar-refractivity contribution is -0.157. The van der Waals surface area contributed by atoms with Gasteiger partial charge in [-0.3, -0.25) is 19.7 Å². The summed E-state index contributed by atoms with van der Waals surface area (Å²) in [4.78, 5) is 48.5. The molecule has 10 heteroatoms. The quantitative estimate of drug-likeness (QED) is 0.279. The predicted molar refractivity (Wildman–Crippen MR) is 81.4 cm³/mol. The van der Waals surface area contributed by atoms with Crippen molar-refractivity contribution in [1.82, 2.24) is 9.88 Å². The van der Waals surface area contributed by atoms with Crippen LogP contribution < -0.4 is 5.32 Å². The summed E-state index contributed by atoms with van der Waals surface area (Å²) in [5, 5.41) is 2.03. The molecule has 124 valence electrons. The molecule has 1 fully saturated rings. The Hall–Kier alpha value is -1.57. The highest BCUT2D eigenvalue weighted by atomic mass is 35.6. The Bertz CT molecular complexity index is 694. The highest BCUT2D eigenvalue weighted by Gasteiger charge is 2.57. The number of hydrogen-bond acceptors (Lipinski definition) is 5. The number of esters is 1. The summed E-state index contributed by atoms with van der Waals surface area (Å²) in [7, 11) is 0. The highest BCUT2D eigenvalue weighted by Crippen LogP contribution is 2.35. The van der Waals surface area contributed by atoms with Gasteiger partial charge in [0.15, 0.2) is 0 Å². The fourth-order valence-corrected chi connectivity index (χ4v) is 2.63. The first-order valence-corrected chi connectivity index (χ1v) is 7.59. The van der Waals surface area contributed by atoms with Crippen LogP contribution in [-0.4, -0.2) is 38.5 Å². The van der Waals surface area contributed by atoms with Crippen molar-refractivity contribution in [3.63, 3.8) is 0 Å². The van der Waals surface area contributed by atoms with E-state index >= 15 is 0 Å². The predicted octanol–water partition coefficient (Wildman–Crippen LogP) is 1.35. The van der Waals surface area contributed by atoms with E-state index in [4.69, 9.17) is 39.5 Å². The standard InChI is InChI=1S/C13H11Cl3N2O5/c1-2-23-11(22)12(6-8(19)17-10(12)21)18-5-3-4-7(18)9(20)13(14,15)16/h3-5H,2,6H2,1H3,(H,17,19,21)/t12-/m1/s1. The van der Waals surface area contributed by atoms with Crippen molar-refractivity contribution < 1.29 is 23.9 Å². The average Bonchev–Trinajstić information content (AvgIpc) is 3.02. The van der Waals surface area contributed by atoms with Gasteiger partial charge in [0.25, 0.3) is 9.70 Å². The van der Waals surface area contributed by atoms with Crippen LogP contribution in [0.2, 0.25) is 0 Å². The maximum absolute atomic E-state index is 12.4. The third-order valence-corrected chi connectivity index (χ3v) is 3.82. The molecule has 1 saturated heterocycles. The lowest BCUT2D eigenvalue weighted by atomic mass is 9.96. The number of carbonyl (C=O) groups is 4. The van der Waals surface area contributed by atoms with E-state index in [2.05, 4.69) is 0 Å². The number of hydrogen-bond donors (Lipinski definition) is 1. The maximum atomic E-state index is 12.4. The third kappa shape index (κ3) is 2.96. The summed E-state index contributed by atoms with van der Waals surface area (Å²) in [6, 6.07) is 2.67. The zero-order valence-electron chi connectivity index (χ0n) is 11.8. The van der Waals surface area contributed by atoms with Crippen LogP contribution >= 0.6 is 34.8 Å². The molecule has 2 heterocycles. The number of rotatable bonds is 4. The Balaban J connectivity index is 2.62. The molecule has 7 nitrogen and oxygen atoms in total. The number of alkyl halides is 3. The van der Waals surface area contributed by atoms with Crippen molar-refractivity contribution in [3.05, 3.63) is 24.0 Å². The summed E-state index contributed by atoms with van der Waals surface area (Å²) in [6.07, 6.45) is 0.762. The molecule has 1 aromatic rings. The second kappa shape index (κ2) is 6.14. The van der Waals surface area contributed by atoms with Crippen molar-refractivity contribution in [3.8, 4) is 0 Å². The molecule has 0 unspecified atom stereocenters. The summed E-state index contributed by atoms with van der Waals surface area (Å²) < 4.78 is 3.63. The van der Waals surface area contributed by atoms with Crippen LogP contribution in [0.5, 0.6) is 0 Å². The van der Waals surface area contributed by atoms with Gasteiger partial charge in [-0.1, -0.05) is 34.8 Å². The Morgan fingerprint density at radius 1 is 1.39 bits per heavy atom. The Kier molecular flexibility index (Phi) is 4.75. The molecule has 0 aromatic carbocycles. The second-order valence-corrected chi connectivity index (χ2v) is 7.01. The number of ether oxygens (including phenoxy) is 1. The largest absolute Gasteiger partial charge is 0.464 e. The van der Waals surface area contributed by atoms with E-state index in [1.807, 2.05) is 5.32 Å². The number of Topliss-reactive ketones (excluding diaryl/α,β-unsaturated/α-hetero) is 1. The molecule has 0 spiro atoms. The molecular weight excluding hydrogens is 371 g/mol. The molecule has 0 radical (unpaired) electrons. The molecule has 2 rings (SSSR count). The number of carbonyl (C=O) groups excluding carboxylic acids is 4. The smallest absolute Gasteiger partial charge is 0.342 e. The average molecular weight is 382 g/mol. The number of aromatic nitrogens is 1. The van der Waals surface area contributed by atoms with Crippen LogP contribution in [0.4, 0.5) is 0 Å². The summed E-state index contributed by atoms with van der Waals surface area (Å²) >= 11 is 16.8. The molecule has 23 heavy (non-hydrogen) atoms. The van der Waals surface area contributed by atoms with Gasteiger partial charge in [0, 0.05) is 6.20 Å². The topological polar surface area (TPSA) is 94.5 Å². The molecule has 1 aliphatic rings. The van der Waals surface area contributed by atoms with Crippen LogP contribution in [0.1, 0.15) is 23.8 Å².